The predicted molar refractivity (Wildman–Crippen MR) is 79.2 cm³/mol. The monoisotopic (exact) mass is 244 g/mol. The first kappa shape index (κ1) is 13.2. The van der Waals surface area contributed by atoms with E-state index in [-0.39, 0.29) is 5.54 Å². The number of hydrogen-bond acceptors (Lipinski definition) is 1. The molecule has 0 spiro atoms. The molecule has 2 aromatic rings. The average molecular weight is 244 g/mol. The second-order valence-electron chi connectivity index (χ2n) is 6.15. The third kappa shape index (κ3) is 2.30. The third-order valence-corrected chi connectivity index (χ3v) is 4.15. The van der Waals surface area contributed by atoms with E-state index in [1.807, 2.05) is 0 Å². The van der Waals surface area contributed by atoms with E-state index in [1.165, 1.54) is 22.0 Å². The lowest BCUT2D eigenvalue weighted by Crippen LogP contribution is -2.41. The number of aryl methyl sites for hydroxylation is 2. The minimum Gasteiger partial charge on any atom is -0.346 e. The highest BCUT2D eigenvalue weighted by molar-refractivity contribution is 5.81. The van der Waals surface area contributed by atoms with Crippen molar-refractivity contribution in [3.05, 3.63) is 35.5 Å². The molecule has 2 heteroatoms. The van der Waals surface area contributed by atoms with Gasteiger partial charge in [-0.3, -0.25) is 0 Å². The highest BCUT2D eigenvalue weighted by atomic mass is 15.2. The molecule has 1 heterocycles. The molecule has 2 rings (SSSR count). The highest BCUT2D eigenvalue weighted by Gasteiger charge is 2.21. The van der Waals surface area contributed by atoms with E-state index in [9.17, 15) is 0 Å². The molecule has 0 saturated heterocycles. The molecule has 1 aromatic heterocycles. The van der Waals surface area contributed by atoms with Crippen molar-refractivity contribution < 1.29 is 0 Å². The maximum atomic E-state index is 2.36. The summed E-state index contributed by atoms with van der Waals surface area (Å²) >= 11 is 0. The minimum absolute atomic E-state index is 0.157. The van der Waals surface area contributed by atoms with E-state index >= 15 is 0 Å². The van der Waals surface area contributed by atoms with Gasteiger partial charge >= 0.3 is 0 Å². The van der Waals surface area contributed by atoms with E-state index in [0.29, 0.717) is 0 Å². The Kier molecular flexibility index (Phi) is 3.24. The molecule has 0 fully saturated rings. The lowest BCUT2D eigenvalue weighted by atomic mass is 10.0. The summed E-state index contributed by atoms with van der Waals surface area (Å²) in [5, 5.41) is 1.34. The Morgan fingerprint density at radius 1 is 1.11 bits per heavy atom. The number of hydrogen-bond donors (Lipinski definition) is 0. The van der Waals surface area contributed by atoms with Crippen LogP contribution in [0.4, 0.5) is 0 Å². The van der Waals surface area contributed by atoms with Gasteiger partial charge in [-0.05, 0) is 76.5 Å². The van der Waals surface area contributed by atoms with E-state index in [2.05, 4.69) is 75.7 Å². The molecule has 0 amide bonds. The average Bonchev–Trinajstić information content (AvgIpc) is 2.61. The van der Waals surface area contributed by atoms with Crippen molar-refractivity contribution in [1.82, 2.24) is 9.47 Å². The van der Waals surface area contributed by atoms with Crippen molar-refractivity contribution in [2.75, 3.05) is 14.1 Å². The van der Waals surface area contributed by atoms with Gasteiger partial charge < -0.3 is 9.47 Å². The van der Waals surface area contributed by atoms with Gasteiger partial charge in [-0.25, -0.2) is 0 Å². The molecule has 0 aliphatic carbocycles. The fourth-order valence-corrected chi connectivity index (χ4v) is 2.15. The maximum Gasteiger partial charge on any atom is 0.0483 e. The first-order valence-corrected chi connectivity index (χ1v) is 6.55. The number of benzene rings is 1. The summed E-state index contributed by atoms with van der Waals surface area (Å²) in [6.45, 7) is 9.92. The summed E-state index contributed by atoms with van der Waals surface area (Å²) in [4.78, 5) is 2.28. The lowest BCUT2D eigenvalue weighted by Gasteiger charge is -2.33. The van der Waals surface area contributed by atoms with Crippen molar-refractivity contribution in [3.63, 3.8) is 0 Å². The predicted octanol–water partition coefficient (Wildman–Crippen LogP) is 3.60. The first-order chi connectivity index (χ1) is 8.31. The fraction of sp³-hybridized carbons (Fsp3) is 0.500. The van der Waals surface area contributed by atoms with Gasteiger partial charge in [-0.2, -0.15) is 0 Å². The largest absolute Gasteiger partial charge is 0.346 e. The van der Waals surface area contributed by atoms with Gasteiger partial charge in [0.15, 0.2) is 0 Å². The summed E-state index contributed by atoms with van der Waals surface area (Å²) in [5.41, 5.74) is 4.23. The van der Waals surface area contributed by atoms with Crippen LogP contribution >= 0.6 is 0 Å². The molecule has 18 heavy (non-hydrogen) atoms. The Hall–Kier alpha value is -1.28. The van der Waals surface area contributed by atoms with Crippen LogP contribution in [0.25, 0.3) is 10.9 Å². The first-order valence-electron chi connectivity index (χ1n) is 6.55. The SMILES string of the molecule is Cc1cc2ccn(CC(C)(C)N(C)C)c2cc1C. The van der Waals surface area contributed by atoms with E-state index < -0.39 is 0 Å². The van der Waals surface area contributed by atoms with Crippen LogP contribution in [0.1, 0.15) is 25.0 Å². The zero-order chi connectivity index (χ0) is 13.5. The molecule has 0 N–H and O–H groups in total. The van der Waals surface area contributed by atoms with Crippen LogP contribution < -0.4 is 0 Å². The molecule has 2 nitrogen and oxygen atoms in total. The van der Waals surface area contributed by atoms with Crippen molar-refractivity contribution in [3.8, 4) is 0 Å². The molecule has 0 aliphatic rings. The molecular weight excluding hydrogens is 220 g/mol. The molecule has 1 aromatic carbocycles. The maximum absolute atomic E-state index is 2.36. The molecule has 0 atom stereocenters. The van der Waals surface area contributed by atoms with Gasteiger partial charge in [0.25, 0.3) is 0 Å². The van der Waals surface area contributed by atoms with Gasteiger partial charge in [0.2, 0.25) is 0 Å². The van der Waals surface area contributed by atoms with Crippen molar-refractivity contribution in [1.29, 1.82) is 0 Å². The van der Waals surface area contributed by atoms with Crippen molar-refractivity contribution in [2.45, 2.75) is 39.8 Å². The van der Waals surface area contributed by atoms with E-state index in [0.717, 1.165) is 6.54 Å². The fourth-order valence-electron chi connectivity index (χ4n) is 2.15. The van der Waals surface area contributed by atoms with Gasteiger partial charge in [0.05, 0.1) is 0 Å². The van der Waals surface area contributed by atoms with E-state index in [4.69, 9.17) is 0 Å². The number of likely N-dealkylation sites (N-methyl/N-ethyl adjacent to an activating group) is 1. The Balaban J connectivity index is 2.44. The summed E-state index contributed by atoms with van der Waals surface area (Å²) in [7, 11) is 4.28. The van der Waals surface area contributed by atoms with Crippen LogP contribution in [-0.4, -0.2) is 29.1 Å². The smallest absolute Gasteiger partial charge is 0.0483 e. The van der Waals surface area contributed by atoms with Crippen molar-refractivity contribution >= 4 is 10.9 Å². The van der Waals surface area contributed by atoms with Gasteiger partial charge in [0.1, 0.15) is 0 Å². The van der Waals surface area contributed by atoms with Crippen LogP contribution in [0.5, 0.6) is 0 Å². The summed E-state index contributed by atoms with van der Waals surface area (Å²) in [6, 6.07) is 6.80. The van der Waals surface area contributed by atoms with Crippen LogP contribution in [0.15, 0.2) is 24.4 Å². The number of aromatic nitrogens is 1. The van der Waals surface area contributed by atoms with Gasteiger partial charge in [0, 0.05) is 23.8 Å². The summed E-state index contributed by atoms with van der Waals surface area (Å²) < 4.78 is 2.36. The Morgan fingerprint density at radius 3 is 2.33 bits per heavy atom. The highest BCUT2D eigenvalue weighted by Crippen LogP contribution is 2.23. The Labute approximate surface area is 110 Å². The quantitative estimate of drug-likeness (QED) is 0.801. The standard InChI is InChI=1S/C16H24N2/c1-12-9-14-7-8-18(15(14)10-13(12)2)11-16(3,4)17(5)6/h7-10H,11H2,1-6H3. The number of fused-ring (bicyclic) bond motifs is 1. The third-order valence-electron chi connectivity index (χ3n) is 4.15. The molecule has 0 unspecified atom stereocenters. The van der Waals surface area contributed by atoms with Gasteiger partial charge in [-0.15, -0.1) is 0 Å². The second kappa shape index (κ2) is 4.43. The summed E-state index contributed by atoms with van der Waals surface area (Å²) in [5.74, 6) is 0. The van der Waals surface area contributed by atoms with Crippen LogP contribution in [-0.2, 0) is 6.54 Å². The Morgan fingerprint density at radius 2 is 1.72 bits per heavy atom. The molecule has 0 radical (unpaired) electrons. The zero-order valence-electron chi connectivity index (χ0n) is 12.4. The van der Waals surface area contributed by atoms with Crippen LogP contribution in [0.2, 0.25) is 0 Å². The zero-order valence-corrected chi connectivity index (χ0v) is 12.4. The molecule has 98 valence electrons. The minimum atomic E-state index is 0.157. The molecule has 0 bridgehead atoms. The van der Waals surface area contributed by atoms with Crippen LogP contribution in [0, 0.1) is 13.8 Å². The molecular formula is C16H24N2. The van der Waals surface area contributed by atoms with E-state index in [1.54, 1.807) is 0 Å². The number of rotatable bonds is 3. The lowest BCUT2D eigenvalue weighted by molar-refractivity contribution is 0.171. The summed E-state index contributed by atoms with van der Waals surface area (Å²) in [6.07, 6.45) is 2.20. The number of nitrogens with zero attached hydrogens (tertiary/aromatic N) is 2. The van der Waals surface area contributed by atoms with Crippen molar-refractivity contribution in [2.24, 2.45) is 0 Å². The molecule has 0 aliphatic heterocycles. The Bertz CT molecular complexity index is 562. The topological polar surface area (TPSA) is 8.17 Å². The normalized spacial score (nSPS) is 12.6. The van der Waals surface area contributed by atoms with Crippen LogP contribution in [0.3, 0.4) is 0 Å². The van der Waals surface area contributed by atoms with Gasteiger partial charge in [-0.1, -0.05) is 0 Å². The second-order valence-corrected chi connectivity index (χ2v) is 6.15. The molecule has 0 saturated carbocycles.